The molecule has 0 aliphatic carbocycles. The summed E-state index contributed by atoms with van der Waals surface area (Å²) < 4.78 is 0. The van der Waals surface area contributed by atoms with E-state index in [0.29, 0.717) is 5.13 Å². The first-order valence-electron chi connectivity index (χ1n) is 6.24. The minimum atomic E-state index is -1.04. The largest absolute Gasteiger partial charge is 0.394 e. The van der Waals surface area contributed by atoms with E-state index in [0.717, 1.165) is 11.3 Å². The van der Waals surface area contributed by atoms with E-state index in [1.54, 1.807) is 0 Å². The molecule has 21 heavy (non-hydrogen) atoms. The van der Waals surface area contributed by atoms with E-state index in [1.807, 2.05) is 0 Å². The lowest BCUT2D eigenvalue weighted by atomic mass is 10.3. The summed E-state index contributed by atoms with van der Waals surface area (Å²) in [6.45, 7) is 0.414. The van der Waals surface area contributed by atoms with Gasteiger partial charge in [0.05, 0.1) is 25.4 Å². The number of aliphatic hydroxyl groups is 4. The van der Waals surface area contributed by atoms with E-state index in [9.17, 15) is 15.0 Å². The highest BCUT2D eigenvalue weighted by molar-refractivity contribution is 7.20. The Morgan fingerprint density at radius 3 is 2.29 bits per heavy atom. The van der Waals surface area contributed by atoms with Crippen LogP contribution in [0.5, 0.6) is 0 Å². The predicted molar refractivity (Wildman–Crippen MR) is 79.2 cm³/mol. The van der Waals surface area contributed by atoms with Gasteiger partial charge < -0.3 is 36.4 Å². The number of anilines is 3. The second-order valence-electron chi connectivity index (χ2n) is 4.47. The monoisotopic (exact) mass is 320 g/mol. The van der Waals surface area contributed by atoms with Crippen LogP contribution in [0.15, 0.2) is 0 Å². The van der Waals surface area contributed by atoms with Crippen LogP contribution >= 0.6 is 11.3 Å². The molecule has 0 aliphatic rings. The van der Waals surface area contributed by atoms with Crippen LogP contribution in [0, 0.1) is 0 Å². The number of rotatable bonds is 8. The molecule has 120 valence electrons. The van der Waals surface area contributed by atoms with Gasteiger partial charge in [0.1, 0.15) is 5.00 Å². The quantitative estimate of drug-likeness (QED) is 0.328. The van der Waals surface area contributed by atoms with Crippen molar-refractivity contribution in [1.29, 1.82) is 0 Å². The van der Waals surface area contributed by atoms with Crippen LogP contribution in [-0.4, -0.2) is 69.8 Å². The van der Waals surface area contributed by atoms with Gasteiger partial charge in [0, 0.05) is 20.0 Å². The van der Waals surface area contributed by atoms with Gasteiger partial charge in [-0.2, -0.15) is 0 Å². The smallest absolute Gasteiger partial charge is 0.222 e. The van der Waals surface area contributed by atoms with Crippen LogP contribution in [0.3, 0.4) is 0 Å². The lowest BCUT2D eigenvalue weighted by molar-refractivity contribution is -0.114. The number of hydrogen-bond donors (Lipinski definition) is 6. The standard InChI is InChI=1S/C11H20N4O5S/c1-6(18)13-10-9(12)21-11(14-10)15(2-7(19)4-16)3-8(20)5-17/h7-8,16-17,19-20H,2-5,12H2,1H3,(H,13,18). The molecule has 1 aromatic heterocycles. The topological polar surface area (TPSA) is 152 Å². The van der Waals surface area contributed by atoms with Crippen molar-refractivity contribution in [1.82, 2.24) is 4.98 Å². The van der Waals surface area contributed by atoms with Gasteiger partial charge in [-0.3, -0.25) is 4.79 Å². The van der Waals surface area contributed by atoms with Gasteiger partial charge in [-0.25, -0.2) is 4.98 Å². The summed E-state index contributed by atoms with van der Waals surface area (Å²) in [7, 11) is 0. The van der Waals surface area contributed by atoms with E-state index in [2.05, 4.69) is 10.3 Å². The number of nitrogens with two attached hydrogens (primary N) is 1. The van der Waals surface area contributed by atoms with Gasteiger partial charge >= 0.3 is 0 Å². The fourth-order valence-corrected chi connectivity index (χ4v) is 2.37. The first kappa shape index (κ1) is 17.6. The Hall–Kier alpha value is -1.46. The number of carbonyl (C=O) groups is 1. The molecule has 0 fully saturated rings. The van der Waals surface area contributed by atoms with Gasteiger partial charge in [-0.1, -0.05) is 11.3 Å². The average molecular weight is 320 g/mol. The van der Waals surface area contributed by atoms with Crippen LogP contribution in [0.2, 0.25) is 0 Å². The average Bonchev–Trinajstić information content (AvgIpc) is 2.78. The Morgan fingerprint density at radius 1 is 1.33 bits per heavy atom. The van der Waals surface area contributed by atoms with Crippen LogP contribution < -0.4 is 16.0 Å². The zero-order valence-corrected chi connectivity index (χ0v) is 12.4. The summed E-state index contributed by atoms with van der Waals surface area (Å²) in [6, 6.07) is 0. The summed E-state index contributed by atoms with van der Waals surface area (Å²) in [6.07, 6.45) is -2.07. The summed E-state index contributed by atoms with van der Waals surface area (Å²) in [4.78, 5) is 16.6. The Balaban J connectivity index is 2.93. The van der Waals surface area contributed by atoms with Crippen LogP contribution in [0.25, 0.3) is 0 Å². The normalized spacial score (nSPS) is 13.8. The first-order valence-corrected chi connectivity index (χ1v) is 7.05. The van der Waals surface area contributed by atoms with Gasteiger partial charge in [-0.15, -0.1) is 0 Å². The zero-order chi connectivity index (χ0) is 16.0. The van der Waals surface area contributed by atoms with E-state index >= 15 is 0 Å². The van der Waals surface area contributed by atoms with Gasteiger partial charge in [0.15, 0.2) is 10.9 Å². The van der Waals surface area contributed by atoms with E-state index in [-0.39, 0.29) is 29.8 Å². The predicted octanol–water partition coefficient (Wildman–Crippen LogP) is -1.80. The first-order chi connectivity index (χ1) is 9.87. The highest BCUT2D eigenvalue weighted by Crippen LogP contribution is 2.32. The Kier molecular flexibility index (Phi) is 6.78. The third-order valence-electron chi connectivity index (χ3n) is 2.49. The molecule has 1 heterocycles. The molecular formula is C11H20N4O5S. The van der Waals surface area contributed by atoms with Crippen molar-refractivity contribution in [3.8, 4) is 0 Å². The molecule has 1 amide bonds. The highest BCUT2D eigenvalue weighted by atomic mass is 32.1. The van der Waals surface area contributed by atoms with Crippen LogP contribution in [0.1, 0.15) is 6.92 Å². The second-order valence-corrected chi connectivity index (χ2v) is 5.48. The molecule has 9 nitrogen and oxygen atoms in total. The summed E-state index contributed by atoms with van der Waals surface area (Å²) in [5, 5.41) is 40.0. The number of thiazole rings is 1. The molecule has 1 aromatic rings. The van der Waals surface area contributed by atoms with Crippen molar-refractivity contribution in [3.63, 3.8) is 0 Å². The molecule has 0 aromatic carbocycles. The fraction of sp³-hybridized carbons (Fsp3) is 0.636. The zero-order valence-electron chi connectivity index (χ0n) is 11.6. The number of hydrogen-bond acceptors (Lipinski definition) is 9. The molecule has 2 unspecified atom stereocenters. The van der Waals surface area contributed by atoms with Gasteiger partial charge in [0.2, 0.25) is 5.91 Å². The molecule has 0 saturated carbocycles. The molecule has 0 saturated heterocycles. The third-order valence-corrected chi connectivity index (χ3v) is 3.44. The Morgan fingerprint density at radius 2 is 1.86 bits per heavy atom. The maximum Gasteiger partial charge on any atom is 0.222 e. The molecule has 0 spiro atoms. The van der Waals surface area contributed by atoms with Crippen molar-refractivity contribution < 1.29 is 25.2 Å². The lowest BCUT2D eigenvalue weighted by Crippen LogP contribution is -2.40. The maximum atomic E-state index is 11.0. The minimum Gasteiger partial charge on any atom is -0.394 e. The molecule has 0 bridgehead atoms. The number of nitrogens with zero attached hydrogens (tertiary/aromatic N) is 2. The van der Waals surface area contributed by atoms with Crippen molar-refractivity contribution in [2.45, 2.75) is 19.1 Å². The Bertz CT molecular complexity index is 457. The third kappa shape index (κ3) is 5.44. The number of aromatic nitrogens is 1. The van der Waals surface area contributed by atoms with Gasteiger partial charge in [0.25, 0.3) is 0 Å². The lowest BCUT2D eigenvalue weighted by Gasteiger charge is -2.25. The SMILES string of the molecule is CC(=O)Nc1nc(N(CC(O)CO)CC(O)CO)sc1N. The van der Waals surface area contributed by atoms with E-state index in [1.165, 1.54) is 11.8 Å². The summed E-state index contributed by atoms with van der Waals surface area (Å²) >= 11 is 1.06. The van der Waals surface area contributed by atoms with Crippen molar-refractivity contribution in [2.24, 2.45) is 0 Å². The number of aliphatic hydroxyl groups excluding tert-OH is 4. The summed E-state index contributed by atoms with van der Waals surface area (Å²) in [5.74, 6) is -0.125. The van der Waals surface area contributed by atoms with Crippen molar-refractivity contribution in [2.75, 3.05) is 42.3 Å². The van der Waals surface area contributed by atoms with E-state index < -0.39 is 25.4 Å². The van der Waals surface area contributed by atoms with Crippen LogP contribution in [-0.2, 0) is 4.79 Å². The molecule has 7 N–H and O–H groups in total. The second kappa shape index (κ2) is 8.10. The maximum absolute atomic E-state index is 11.0. The van der Waals surface area contributed by atoms with Gasteiger partial charge in [-0.05, 0) is 0 Å². The molecule has 0 aliphatic heterocycles. The molecular weight excluding hydrogens is 300 g/mol. The number of carbonyl (C=O) groups excluding carboxylic acids is 1. The molecule has 1 rings (SSSR count). The van der Waals surface area contributed by atoms with Crippen molar-refractivity contribution in [3.05, 3.63) is 0 Å². The Labute approximate surface area is 125 Å². The number of amides is 1. The van der Waals surface area contributed by atoms with E-state index in [4.69, 9.17) is 15.9 Å². The summed E-state index contributed by atoms with van der Waals surface area (Å²) in [5.41, 5.74) is 5.74. The fourth-order valence-electron chi connectivity index (χ4n) is 1.57. The number of nitrogen functional groups attached to an aromatic ring is 1. The molecule has 0 radical (unpaired) electrons. The van der Waals surface area contributed by atoms with Crippen molar-refractivity contribution >= 4 is 33.2 Å². The minimum absolute atomic E-state index is 0.0000246. The molecule has 10 heteroatoms. The molecule has 2 atom stereocenters. The highest BCUT2D eigenvalue weighted by Gasteiger charge is 2.20. The van der Waals surface area contributed by atoms with Crippen LogP contribution in [0.4, 0.5) is 16.0 Å². The number of nitrogens with one attached hydrogen (secondary N) is 1.